The second-order valence-corrected chi connectivity index (χ2v) is 5.93. The zero-order valence-corrected chi connectivity index (χ0v) is 12.7. The second kappa shape index (κ2) is 5.20. The van der Waals surface area contributed by atoms with Gasteiger partial charge >= 0.3 is 0 Å². The number of nitriles is 2. The molecular weight excluding hydrogens is 324 g/mol. The molecule has 0 spiro atoms. The summed E-state index contributed by atoms with van der Waals surface area (Å²) in [6, 6.07) is 12.2. The normalized spacial score (nSPS) is 21.6. The molecule has 3 heteroatoms. The Balaban J connectivity index is 2.21. The summed E-state index contributed by atoms with van der Waals surface area (Å²) in [5, 5.41) is 19.5. The van der Waals surface area contributed by atoms with E-state index in [1.807, 2.05) is 60.7 Å². The molecule has 2 aliphatic carbocycles. The highest BCUT2D eigenvalue weighted by Crippen LogP contribution is 2.51. The molecule has 2 nitrogen and oxygen atoms in total. The molecule has 1 aromatic rings. The quantitative estimate of drug-likeness (QED) is 0.756. The summed E-state index contributed by atoms with van der Waals surface area (Å²) in [5.41, 5.74) is 1.52. The summed E-state index contributed by atoms with van der Waals surface area (Å²) in [7, 11) is 0. The summed E-state index contributed by atoms with van der Waals surface area (Å²) in [4.78, 5) is 0. The van der Waals surface area contributed by atoms with Crippen LogP contribution in [0.5, 0.6) is 0 Å². The maximum atomic E-state index is 9.73. The smallest absolute Gasteiger partial charge is 0.179 e. The average Bonchev–Trinajstić information content (AvgIpc) is 2.65. The molecule has 0 bridgehead atoms. The van der Waals surface area contributed by atoms with Crippen molar-refractivity contribution in [3.05, 3.63) is 76.3 Å². The second-order valence-electron chi connectivity index (χ2n) is 5.01. The van der Waals surface area contributed by atoms with Crippen molar-refractivity contribution in [1.29, 1.82) is 10.5 Å². The third-order valence-electron chi connectivity index (χ3n) is 3.88. The Kier molecular flexibility index (Phi) is 3.37. The van der Waals surface area contributed by atoms with E-state index in [9.17, 15) is 10.5 Å². The van der Waals surface area contributed by atoms with Gasteiger partial charge in [-0.2, -0.15) is 10.5 Å². The van der Waals surface area contributed by atoms with Crippen LogP contribution in [-0.4, -0.2) is 0 Å². The van der Waals surface area contributed by atoms with Crippen molar-refractivity contribution in [2.75, 3.05) is 0 Å². The van der Waals surface area contributed by atoms with Gasteiger partial charge in [-0.05, 0) is 28.8 Å². The van der Waals surface area contributed by atoms with Crippen molar-refractivity contribution in [1.82, 2.24) is 0 Å². The van der Waals surface area contributed by atoms with Crippen molar-refractivity contribution in [3.8, 4) is 12.1 Å². The van der Waals surface area contributed by atoms with E-state index >= 15 is 0 Å². The standard InChI is InChI=1S/C18H11BrN2/c19-15-8-6-13(7-9-15)17-10-14-4-2-1-3-5-16(14)18(17,11-20)12-21/h1-10,16H. The van der Waals surface area contributed by atoms with E-state index < -0.39 is 5.41 Å². The summed E-state index contributed by atoms with van der Waals surface area (Å²) in [6.07, 6.45) is 11.6. The maximum absolute atomic E-state index is 9.73. The van der Waals surface area contributed by atoms with Crippen molar-refractivity contribution in [2.24, 2.45) is 11.3 Å². The number of allylic oxidation sites excluding steroid dienone is 8. The molecule has 0 saturated heterocycles. The van der Waals surface area contributed by atoms with Crippen molar-refractivity contribution < 1.29 is 0 Å². The van der Waals surface area contributed by atoms with Gasteiger partial charge in [-0.25, -0.2) is 0 Å². The molecule has 0 aromatic heterocycles. The van der Waals surface area contributed by atoms with Gasteiger partial charge in [0.15, 0.2) is 5.41 Å². The van der Waals surface area contributed by atoms with Gasteiger partial charge in [0.25, 0.3) is 0 Å². The summed E-state index contributed by atoms with van der Waals surface area (Å²) < 4.78 is 0.973. The Labute approximate surface area is 132 Å². The van der Waals surface area contributed by atoms with E-state index in [4.69, 9.17) is 0 Å². The minimum absolute atomic E-state index is 0.221. The molecule has 0 amide bonds. The molecular formula is C18H11BrN2. The molecule has 0 aliphatic heterocycles. The van der Waals surface area contributed by atoms with Gasteiger partial charge in [0.05, 0.1) is 12.1 Å². The van der Waals surface area contributed by atoms with Gasteiger partial charge in [-0.1, -0.05) is 64.5 Å². The van der Waals surface area contributed by atoms with Crippen LogP contribution in [0.3, 0.4) is 0 Å². The lowest BCUT2D eigenvalue weighted by molar-refractivity contribution is 0.578. The Morgan fingerprint density at radius 2 is 1.71 bits per heavy atom. The molecule has 0 N–H and O–H groups in total. The highest BCUT2D eigenvalue weighted by molar-refractivity contribution is 9.10. The highest BCUT2D eigenvalue weighted by Gasteiger charge is 2.48. The number of halogens is 1. The van der Waals surface area contributed by atoms with E-state index in [0.29, 0.717) is 0 Å². The SMILES string of the molecule is N#CC1(C#N)C(c2ccc(Br)cc2)=CC2=CC=CC=CC21. The molecule has 1 aromatic carbocycles. The molecule has 0 heterocycles. The number of rotatable bonds is 1. The zero-order valence-electron chi connectivity index (χ0n) is 11.1. The first-order valence-electron chi connectivity index (χ1n) is 6.57. The minimum atomic E-state index is -1.16. The molecule has 2 aliphatic rings. The fourth-order valence-electron chi connectivity index (χ4n) is 2.83. The molecule has 3 rings (SSSR count). The lowest BCUT2D eigenvalue weighted by Crippen LogP contribution is -2.24. The van der Waals surface area contributed by atoms with Crippen molar-refractivity contribution in [3.63, 3.8) is 0 Å². The fourth-order valence-corrected chi connectivity index (χ4v) is 3.09. The predicted octanol–water partition coefficient (Wildman–Crippen LogP) is 4.55. The number of benzene rings is 1. The Hall–Kier alpha value is -2.36. The molecule has 1 unspecified atom stereocenters. The van der Waals surface area contributed by atoms with Gasteiger partial charge in [-0.3, -0.25) is 0 Å². The van der Waals surface area contributed by atoms with Crippen LogP contribution in [0.1, 0.15) is 5.56 Å². The van der Waals surface area contributed by atoms with Gasteiger partial charge in [0.2, 0.25) is 0 Å². The number of hydrogen-bond donors (Lipinski definition) is 0. The Morgan fingerprint density at radius 3 is 2.38 bits per heavy atom. The third kappa shape index (κ3) is 2.07. The van der Waals surface area contributed by atoms with Crippen molar-refractivity contribution >= 4 is 21.5 Å². The Morgan fingerprint density at radius 1 is 1.00 bits per heavy atom. The van der Waals surface area contributed by atoms with E-state index in [1.165, 1.54) is 0 Å². The monoisotopic (exact) mass is 334 g/mol. The molecule has 0 fully saturated rings. The predicted molar refractivity (Wildman–Crippen MR) is 85.6 cm³/mol. The Bertz CT molecular complexity index is 766. The lowest BCUT2D eigenvalue weighted by atomic mass is 9.73. The van der Waals surface area contributed by atoms with Crippen LogP contribution in [0.25, 0.3) is 5.57 Å². The van der Waals surface area contributed by atoms with E-state index in [2.05, 4.69) is 28.1 Å². The van der Waals surface area contributed by atoms with E-state index in [1.54, 1.807) is 0 Å². The summed E-state index contributed by atoms with van der Waals surface area (Å²) in [5.74, 6) is -0.221. The van der Waals surface area contributed by atoms with E-state index in [0.717, 1.165) is 21.2 Å². The number of hydrogen-bond acceptors (Lipinski definition) is 2. The molecule has 21 heavy (non-hydrogen) atoms. The van der Waals surface area contributed by atoms with Gasteiger partial charge in [0, 0.05) is 10.4 Å². The van der Waals surface area contributed by atoms with Crippen LogP contribution >= 0.6 is 15.9 Å². The molecule has 0 saturated carbocycles. The van der Waals surface area contributed by atoms with Crippen LogP contribution < -0.4 is 0 Å². The summed E-state index contributed by atoms with van der Waals surface area (Å²) >= 11 is 3.41. The first kappa shape index (κ1) is 13.6. The minimum Gasteiger partial charge on any atom is -0.196 e. The van der Waals surface area contributed by atoms with Gasteiger partial charge in [0.1, 0.15) is 0 Å². The zero-order chi connectivity index (χ0) is 14.9. The third-order valence-corrected chi connectivity index (χ3v) is 4.41. The first-order chi connectivity index (χ1) is 10.2. The highest BCUT2D eigenvalue weighted by atomic mass is 79.9. The molecule has 0 radical (unpaired) electrons. The van der Waals surface area contributed by atoms with E-state index in [-0.39, 0.29) is 5.92 Å². The number of nitrogens with zero attached hydrogens (tertiary/aromatic N) is 2. The maximum Gasteiger partial charge on any atom is 0.179 e. The van der Waals surface area contributed by atoms with Gasteiger partial charge in [-0.15, -0.1) is 0 Å². The largest absolute Gasteiger partial charge is 0.196 e. The lowest BCUT2D eigenvalue weighted by Gasteiger charge is -2.23. The molecule has 100 valence electrons. The van der Waals surface area contributed by atoms with Crippen LogP contribution in [-0.2, 0) is 0 Å². The van der Waals surface area contributed by atoms with Crippen LogP contribution in [0, 0.1) is 34.0 Å². The fraction of sp³-hybridized carbons (Fsp3) is 0.111. The average molecular weight is 335 g/mol. The van der Waals surface area contributed by atoms with Crippen LogP contribution in [0.15, 0.2) is 70.8 Å². The van der Waals surface area contributed by atoms with Crippen molar-refractivity contribution in [2.45, 2.75) is 0 Å². The number of fused-ring (bicyclic) bond motifs is 1. The van der Waals surface area contributed by atoms with Gasteiger partial charge < -0.3 is 0 Å². The topological polar surface area (TPSA) is 47.6 Å². The van der Waals surface area contributed by atoms with Crippen LogP contribution in [0.4, 0.5) is 0 Å². The first-order valence-corrected chi connectivity index (χ1v) is 7.36. The molecule has 1 atom stereocenters. The van der Waals surface area contributed by atoms with Crippen LogP contribution in [0.2, 0.25) is 0 Å². The summed E-state index contributed by atoms with van der Waals surface area (Å²) in [6.45, 7) is 0.